The Bertz CT molecular complexity index is 526. The molecule has 1 unspecified atom stereocenters. The minimum absolute atomic E-state index is 0.426. The molecule has 0 heterocycles. The van der Waals surface area contributed by atoms with Crippen molar-refractivity contribution in [2.75, 3.05) is 0 Å². The monoisotopic (exact) mass is 228 g/mol. The van der Waals surface area contributed by atoms with Crippen LogP contribution < -0.4 is 0 Å². The summed E-state index contributed by atoms with van der Waals surface area (Å²) in [4.78, 5) is 33.7. The van der Waals surface area contributed by atoms with Crippen LogP contribution in [0.5, 0.6) is 0 Å². The second kappa shape index (κ2) is 4.45. The molecule has 1 aromatic rings. The van der Waals surface area contributed by atoms with E-state index in [0.717, 1.165) is 23.8 Å². The molecule has 0 aromatic heterocycles. The van der Waals surface area contributed by atoms with Crippen LogP contribution in [0.3, 0.4) is 0 Å². The van der Waals surface area contributed by atoms with Crippen molar-refractivity contribution < 1.29 is 14.4 Å². The molecule has 0 spiro atoms. The fourth-order valence-corrected chi connectivity index (χ4v) is 2.04. The molecule has 2 rings (SSSR count). The van der Waals surface area contributed by atoms with Gasteiger partial charge in [-0.1, -0.05) is 24.3 Å². The van der Waals surface area contributed by atoms with Gasteiger partial charge < -0.3 is 0 Å². The molecule has 0 saturated heterocycles. The molecule has 0 aliphatic heterocycles. The van der Waals surface area contributed by atoms with E-state index >= 15 is 0 Å². The third-order valence-corrected chi connectivity index (χ3v) is 2.94. The maximum absolute atomic E-state index is 11.8. The summed E-state index contributed by atoms with van der Waals surface area (Å²) >= 11 is 0. The average molecular weight is 228 g/mol. The summed E-state index contributed by atoms with van der Waals surface area (Å²) in [5.41, 5.74) is 2.30. The number of Topliss-reactive ketones (excluding diaryl/α,β-unsaturated/α-hetero) is 2. The summed E-state index contributed by atoms with van der Waals surface area (Å²) in [6.07, 6.45) is 5.10. The van der Waals surface area contributed by atoms with Crippen LogP contribution in [-0.2, 0) is 16.0 Å². The molecule has 1 atom stereocenters. The molecule has 0 N–H and O–H groups in total. The second-order valence-electron chi connectivity index (χ2n) is 4.11. The first kappa shape index (κ1) is 11.5. The molecule has 3 nitrogen and oxygen atoms in total. The molecule has 86 valence electrons. The SMILES string of the molecule is CC(=O)C(=O)C1C=CCc2ccc(C=O)cc21. The topological polar surface area (TPSA) is 51.2 Å². The molecule has 3 heteroatoms. The van der Waals surface area contributed by atoms with Crippen molar-refractivity contribution in [1.29, 1.82) is 0 Å². The molecule has 0 radical (unpaired) electrons. The second-order valence-corrected chi connectivity index (χ2v) is 4.11. The van der Waals surface area contributed by atoms with Crippen LogP contribution >= 0.6 is 0 Å². The summed E-state index contributed by atoms with van der Waals surface area (Å²) in [5.74, 6) is -1.41. The van der Waals surface area contributed by atoms with E-state index in [4.69, 9.17) is 0 Å². The van der Waals surface area contributed by atoms with Crippen LogP contribution in [0.15, 0.2) is 30.4 Å². The van der Waals surface area contributed by atoms with E-state index in [2.05, 4.69) is 0 Å². The van der Waals surface area contributed by atoms with Crippen molar-refractivity contribution in [2.24, 2.45) is 0 Å². The molecule has 0 fully saturated rings. The number of rotatable bonds is 3. The van der Waals surface area contributed by atoms with Gasteiger partial charge in [-0.15, -0.1) is 0 Å². The Hall–Kier alpha value is -2.03. The maximum Gasteiger partial charge on any atom is 0.209 e. The lowest BCUT2D eigenvalue weighted by Crippen LogP contribution is -2.21. The van der Waals surface area contributed by atoms with E-state index in [1.807, 2.05) is 12.1 Å². The number of carbonyl (C=O) groups excluding carboxylic acids is 3. The number of carbonyl (C=O) groups is 3. The third kappa shape index (κ3) is 2.09. The fraction of sp³-hybridized carbons (Fsp3) is 0.214. The number of aldehydes is 1. The molecular weight excluding hydrogens is 216 g/mol. The summed E-state index contributed by atoms with van der Waals surface area (Å²) in [6.45, 7) is 1.27. The van der Waals surface area contributed by atoms with Gasteiger partial charge in [-0.25, -0.2) is 0 Å². The molecule has 1 aliphatic rings. The predicted molar refractivity (Wildman–Crippen MR) is 63.1 cm³/mol. The molecule has 1 aromatic carbocycles. The average Bonchev–Trinajstić information content (AvgIpc) is 2.36. The van der Waals surface area contributed by atoms with Crippen LogP contribution in [-0.4, -0.2) is 17.9 Å². The lowest BCUT2D eigenvalue weighted by Gasteiger charge is -2.19. The van der Waals surface area contributed by atoms with Gasteiger partial charge in [0, 0.05) is 12.5 Å². The van der Waals surface area contributed by atoms with Gasteiger partial charge in [0.05, 0.1) is 5.92 Å². The van der Waals surface area contributed by atoms with E-state index in [1.54, 1.807) is 18.2 Å². The quantitative estimate of drug-likeness (QED) is 0.450. The molecule has 17 heavy (non-hydrogen) atoms. The van der Waals surface area contributed by atoms with Crippen LogP contribution in [0.25, 0.3) is 0 Å². The Labute approximate surface area is 99.1 Å². The normalized spacial score (nSPS) is 17.4. The summed E-state index contributed by atoms with van der Waals surface area (Å²) < 4.78 is 0. The van der Waals surface area contributed by atoms with Gasteiger partial charge in [0.2, 0.25) is 5.78 Å². The van der Waals surface area contributed by atoms with Crippen LogP contribution in [0.2, 0.25) is 0 Å². The molecule has 0 saturated carbocycles. The highest BCUT2D eigenvalue weighted by molar-refractivity contribution is 6.38. The van der Waals surface area contributed by atoms with E-state index < -0.39 is 17.5 Å². The van der Waals surface area contributed by atoms with E-state index in [1.165, 1.54) is 6.92 Å². The molecule has 0 bridgehead atoms. The van der Waals surface area contributed by atoms with Gasteiger partial charge in [-0.3, -0.25) is 14.4 Å². The summed E-state index contributed by atoms with van der Waals surface area (Å²) in [7, 11) is 0. The first-order chi connectivity index (χ1) is 8.13. The zero-order valence-corrected chi connectivity index (χ0v) is 9.47. The molecule has 1 aliphatic carbocycles. The minimum atomic E-state index is -0.531. The highest BCUT2D eigenvalue weighted by Crippen LogP contribution is 2.28. The number of ketones is 2. The first-order valence-electron chi connectivity index (χ1n) is 5.43. The highest BCUT2D eigenvalue weighted by Gasteiger charge is 2.25. The zero-order valence-electron chi connectivity index (χ0n) is 9.47. The number of fused-ring (bicyclic) bond motifs is 1. The van der Waals surface area contributed by atoms with Crippen molar-refractivity contribution in [2.45, 2.75) is 19.3 Å². The van der Waals surface area contributed by atoms with E-state index in [-0.39, 0.29) is 0 Å². The van der Waals surface area contributed by atoms with Gasteiger partial charge in [0.15, 0.2) is 5.78 Å². The summed E-state index contributed by atoms with van der Waals surface area (Å²) in [6, 6.07) is 5.25. The molecule has 0 amide bonds. The Morgan fingerprint density at radius 3 is 2.76 bits per heavy atom. The molecular formula is C14H12O3. The first-order valence-corrected chi connectivity index (χ1v) is 5.43. The largest absolute Gasteiger partial charge is 0.298 e. The number of allylic oxidation sites excluding steroid dienone is 2. The fourth-order valence-electron chi connectivity index (χ4n) is 2.04. The predicted octanol–water partition coefficient (Wildman–Crippen LogP) is 1.85. The number of hydrogen-bond donors (Lipinski definition) is 0. The Morgan fingerprint density at radius 2 is 2.12 bits per heavy atom. The Kier molecular flexibility index (Phi) is 3.00. The van der Waals surface area contributed by atoms with Crippen molar-refractivity contribution >= 4 is 17.9 Å². The lowest BCUT2D eigenvalue weighted by molar-refractivity contribution is -0.135. The van der Waals surface area contributed by atoms with E-state index in [0.29, 0.717) is 5.56 Å². The van der Waals surface area contributed by atoms with Gasteiger partial charge in [-0.2, -0.15) is 0 Å². The Balaban J connectivity index is 2.48. The van der Waals surface area contributed by atoms with Crippen LogP contribution in [0.1, 0.15) is 34.3 Å². The van der Waals surface area contributed by atoms with Gasteiger partial charge in [0.1, 0.15) is 6.29 Å². The third-order valence-electron chi connectivity index (χ3n) is 2.94. The Morgan fingerprint density at radius 1 is 1.35 bits per heavy atom. The number of benzene rings is 1. The van der Waals surface area contributed by atoms with Crippen LogP contribution in [0, 0.1) is 0 Å². The maximum atomic E-state index is 11.8. The van der Waals surface area contributed by atoms with E-state index in [9.17, 15) is 14.4 Å². The summed E-state index contributed by atoms with van der Waals surface area (Å²) in [5, 5.41) is 0. The number of hydrogen-bond acceptors (Lipinski definition) is 3. The standard InChI is InChI=1S/C14H12O3/c1-9(16)14(17)12-4-2-3-11-6-5-10(8-15)7-13(11)12/h2,4-8,12H,3H2,1H3. The lowest BCUT2D eigenvalue weighted by atomic mass is 9.83. The minimum Gasteiger partial charge on any atom is -0.298 e. The van der Waals surface area contributed by atoms with Gasteiger partial charge in [-0.05, 0) is 23.6 Å². The van der Waals surface area contributed by atoms with Crippen molar-refractivity contribution in [3.63, 3.8) is 0 Å². The van der Waals surface area contributed by atoms with Gasteiger partial charge in [0.25, 0.3) is 0 Å². The smallest absolute Gasteiger partial charge is 0.209 e. The van der Waals surface area contributed by atoms with Crippen LogP contribution in [0.4, 0.5) is 0 Å². The zero-order chi connectivity index (χ0) is 12.4. The van der Waals surface area contributed by atoms with Crippen molar-refractivity contribution in [3.05, 3.63) is 47.0 Å². The van der Waals surface area contributed by atoms with Crippen molar-refractivity contribution in [3.8, 4) is 0 Å². The van der Waals surface area contributed by atoms with Gasteiger partial charge >= 0.3 is 0 Å². The van der Waals surface area contributed by atoms with Crippen molar-refractivity contribution in [1.82, 2.24) is 0 Å². The highest BCUT2D eigenvalue weighted by atomic mass is 16.2.